The molecule has 7 heteroatoms. The SMILES string of the molecule is CCC(NC(=O)c1ccc(Cl)cc1)[C@H]1[C@@H]2C[C@@H](NC(=O)c3cncc(F)c3)C[C@@H]21. The van der Waals surface area contributed by atoms with Crippen LogP contribution in [-0.4, -0.2) is 28.9 Å². The van der Waals surface area contributed by atoms with E-state index in [-0.39, 0.29) is 29.5 Å². The fraction of sp³-hybridized carbons (Fsp3) is 0.409. The highest BCUT2D eigenvalue weighted by molar-refractivity contribution is 6.30. The number of pyridine rings is 1. The van der Waals surface area contributed by atoms with E-state index in [4.69, 9.17) is 11.6 Å². The molecule has 0 radical (unpaired) electrons. The van der Waals surface area contributed by atoms with Crippen molar-refractivity contribution in [1.29, 1.82) is 0 Å². The number of nitrogens with one attached hydrogen (secondary N) is 2. The molecule has 2 N–H and O–H groups in total. The van der Waals surface area contributed by atoms with E-state index in [9.17, 15) is 14.0 Å². The van der Waals surface area contributed by atoms with Crippen LogP contribution < -0.4 is 10.6 Å². The monoisotopic (exact) mass is 415 g/mol. The van der Waals surface area contributed by atoms with Crippen molar-refractivity contribution in [2.24, 2.45) is 17.8 Å². The molecular weight excluding hydrogens is 393 g/mol. The van der Waals surface area contributed by atoms with Gasteiger partial charge in [-0.15, -0.1) is 0 Å². The fourth-order valence-corrected chi connectivity index (χ4v) is 4.86. The van der Waals surface area contributed by atoms with Crippen LogP contribution in [0.1, 0.15) is 46.9 Å². The topological polar surface area (TPSA) is 71.1 Å². The maximum atomic E-state index is 13.3. The summed E-state index contributed by atoms with van der Waals surface area (Å²) < 4.78 is 13.3. The van der Waals surface area contributed by atoms with Gasteiger partial charge in [0.1, 0.15) is 5.82 Å². The predicted octanol–water partition coefficient (Wildman–Crippen LogP) is 3.84. The Morgan fingerprint density at radius 2 is 1.83 bits per heavy atom. The summed E-state index contributed by atoms with van der Waals surface area (Å²) in [5.41, 5.74) is 0.844. The van der Waals surface area contributed by atoms with Gasteiger partial charge in [0.25, 0.3) is 11.8 Å². The number of carbonyl (C=O) groups is 2. The second-order valence-electron chi connectivity index (χ2n) is 7.93. The van der Waals surface area contributed by atoms with E-state index in [2.05, 4.69) is 22.5 Å². The van der Waals surface area contributed by atoms with Crippen LogP contribution in [0.15, 0.2) is 42.7 Å². The van der Waals surface area contributed by atoms with Crippen molar-refractivity contribution in [3.63, 3.8) is 0 Å². The first-order chi connectivity index (χ1) is 14.0. The molecule has 5 nitrogen and oxygen atoms in total. The van der Waals surface area contributed by atoms with Crippen LogP contribution in [0.25, 0.3) is 0 Å². The molecule has 152 valence electrons. The maximum absolute atomic E-state index is 13.3. The van der Waals surface area contributed by atoms with Crippen molar-refractivity contribution < 1.29 is 14.0 Å². The molecule has 0 aliphatic heterocycles. The quantitative estimate of drug-likeness (QED) is 0.753. The number of fused-ring (bicyclic) bond motifs is 1. The number of rotatable bonds is 6. The third-order valence-electron chi connectivity index (χ3n) is 6.14. The first-order valence-electron chi connectivity index (χ1n) is 9.94. The highest BCUT2D eigenvalue weighted by atomic mass is 35.5. The molecule has 2 saturated carbocycles. The van der Waals surface area contributed by atoms with E-state index in [0.29, 0.717) is 28.3 Å². The number of amides is 2. The molecule has 1 aromatic heterocycles. The number of carbonyl (C=O) groups excluding carboxylic acids is 2. The van der Waals surface area contributed by atoms with Crippen LogP contribution in [-0.2, 0) is 0 Å². The van der Waals surface area contributed by atoms with E-state index in [1.807, 2.05) is 0 Å². The average molecular weight is 416 g/mol. The first kappa shape index (κ1) is 19.8. The average Bonchev–Trinajstić information content (AvgIpc) is 3.20. The molecule has 2 fully saturated rings. The van der Waals surface area contributed by atoms with Crippen LogP contribution in [0.5, 0.6) is 0 Å². The van der Waals surface area contributed by atoms with Gasteiger partial charge in [0.05, 0.1) is 11.8 Å². The number of hydrogen-bond donors (Lipinski definition) is 2. The van der Waals surface area contributed by atoms with Gasteiger partial charge in [-0.3, -0.25) is 14.6 Å². The van der Waals surface area contributed by atoms with Crippen molar-refractivity contribution in [2.45, 2.75) is 38.3 Å². The molecule has 1 unspecified atom stereocenters. The summed E-state index contributed by atoms with van der Waals surface area (Å²) in [5, 5.41) is 6.75. The first-order valence-corrected chi connectivity index (χ1v) is 10.3. The number of hydrogen-bond acceptors (Lipinski definition) is 3. The molecule has 1 heterocycles. The van der Waals surface area contributed by atoms with Crippen molar-refractivity contribution in [1.82, 2.24) is 15.6 Å². The molecule has 4 rings (SSSR count). The fourth-order valence-electron chi connectivity index (χ4n) is 4.73. The Hall–Kier alpha value is -2.47. The van der Waals surface area contributed by atoms with Crippen LogP contribution in [0, 0.1) is 23.6 Å². The highest BCUT2D eigenvalue weighted by Crippen LogP contribution is 2.59. The standard InChI is InChI=1S/C22H23ClFN3O2/c1-2-19(27-21(28)12-3-5-14(23)6-4-12)20-17-8-16(9-18(17)20)26-22(29)13-7-15(24)11-25-10-13/h3-7,10-11,16-20H,2,8-9H2,1H3,(H,26,29)(H,27,28)/t16-,17-,18+,19?,20+. The normalized spacial score (nSPS) is 25.8. The number of nitrogens with zero attached hydrogens (tertiary/aromatic N) is 1. The summed E-state index contributed by atoms with van der Waals surface area (Å²) in [5.74, 6) is 0.558. The third kappa shape index (κ3) is 4.27. The Bertz CT molecular complexity index is 909. The van der Waals surface area contributed by atoms with E-state index in [1.165, 1.54) is 12.3 Å². The smallest absolute Gasteiger partial charge is 0.253 e. The van der Waals surface area contributed by atoms with Crippen LogP contribution in [0.2, 0.25) is 5.02 Å². The van der Waals surface area contributed by atoms with Gasteiger partial charge < -0.3 is 10.6 Å². The largest absolute Gasteiger partial charge is 0.349 e. The van der Waals surface area contributed by atoms with E-state index in [1.54, 1.807) is 24.3 Å². The van der Waals surface area contributed by atoms with Crippen molar-refractivity contribution in [3.8, 4) is 0 Å². The molecule has 1 aromatic carbocycles. The Morgan fingerprint density at radius 1 is 1.14 bits per heavy atom. The van der Waals surface area contributed by atoms with E-state index < -0.39 is 5.82 Å². The van der Waals surface area contributed by atoms with E-state index in [0.717, 1.165) is 25.5 Å². The third-order valence-corrected chi connectivity index (χ3v) is 6.39. The Labute approximate surface area is 174 Å². The zero-order valence-corrected chi connectivity index (χ0v) is 16.8. The number of aromatic nitrogens is 1. The Kier molecular flexibility index (Phi) is 5.54. The van der Waals surface area contributed by atoms with Gasteiger partial charge in [0.2, 0.25) is 0 Å². The van der Waals surface area contributed by atoms with Crippen LogP contribution in [0.3, 0.4) is 0 Å². The summed E-state index contributed by atoms with van der Waals surface area (Å²) in [7, 11) is 0. The zero-order valence-electron chi connectivity index (χ0n) is 16.1. The second-order valence-corrected chi connectivity index (χ2v) is 8.37. The summed E-state index contributed by atoms with van der Waals surface area (Å²) >= 11 is 5.89. The highest BCUT2D eigenvalue weighted by Gasteiger charge is 2.58. The maximum Gasteiger partial charge on any atom is 0.253 e. The molecule has 2 aromatic rings. The van der Waals surface area contributed by atoms with Gasteiger partial charge in [-0.2, -0.15) is 0 Å². The summed E-state index contributed by atoms with van der Waals surface area (Å²) in [6.45, 7) is 2.08. The minimum atomic E-state index is -0.519. The van der Waals surface area contributed by atoms with Gasteiger partial charge in [0.15, 0.2) is 0 Å². The lowest BCUT2D eigenvalue weighted by Crippen LogP contribution is -2.39. The molecule has 0 spiro atoms. The minimum Gasteiger partial charge on any atom is -0.349 e. The van der Waals surface area contributed by atoms with Crippen molar-refractivity contribution >= 4 is 23.4 Å². The van der Waals surface area contributed by atoms with Gasteiger partial charge >= 0.3 is 0 Å². The van der Waals surface area contributed by atoms with Gasteiger partial charge in [0, 0.05) is 28.9 Å². The molecule has 2 aliphatic carbocycles. The minimum absolute atomic E-state index is 0.0815. The van der Waals surface area contributed by atoms with Crippen LogP contribution >= 0.6 is 11.6 Å². The molecule has 0 saturated heterocycles. The van der Waals surface area contributed by atoms with Gasteiger partial charge in [-0.1, -0.05) is 18.5 Å². The van der Waals surface area contributed by atoms with E-state index >= 15 is 0 Å². The molecule has 29 heavy (non-hydrogen) atoms. The lowest BCUT2D eigenvalue weighted by Gasteiger charge is -2.22. The van der Waals surface area contributed by atoms with Gasteiger partial charge in [-0.05, 0) is 67.3 Å². The lowest BCUT2D eigenvalue weighted by atomic mass is 9.99. The summed E-state index contributed by atoms with van der Waals surface area (Å²) in [6.07, 6.45) is 5.09. The second kappa shape index (κ2) is 8.11. The lowest BCUT2D eigenvalue weighted by molar-refractivity contribution is 0.0927. The molecule has 2 amide bonds. The van der Waals surface area contributed by atoms with Crippen molar-refractivity contribution in [2.75, 3.05) is 0 Å². The molecule has 0 bridgehead atoms. The molecule has 5 atom stereocenters. The summed E-state index contributed by atoms with van der Waals surface area (Å²) in [4.78, 5) is 28.5. The summed E-state index contributed by atoms with van der Waals surface area (Å²) in [6, 6.07) is 8.28. The molecule has 2 aliphatic rings. The van der Waals surface area contributed by atoms with Crippen molar-refractivity contribution in [3.05, 3.63) is 64.7 Å². The Balaban J connectivity index is 1.30. The van der Waals surface area contributed by atoms with Crippen LogP contribution in [0.4, 0.5) is 4.39 Å². The number of halogens is 2. The zero-order chi connectivity index (χ0) is 20.5. The molecular formula is C22H23ClFN3O2. The van der Waals surface area contributed by atoms with Gasteiger partial charge in [-0.25, -0.2) is 4.39 Å². The predicted molar refractivity (Wildman–Crippen MR) is 108 cm³/mol. The number of benzene rings is 1. The Morgan fingerprint density at radius 3 is 2.45 bits per heavy atom.